The van der Waals surface area contributed by atoms with E-state index >= 15 is 0 Å². The van der Waals surface area contributed by atoms with Gasteiger partial charge in [0.15, 0.2) is 11.6 Å². The standard InChI is InChI=1S/C13H18F2N2O/c1-8-4-5-10(13(15)12(8)14)11(17-16)7-9-3-2-6-18-9/h4-5,9,11,17H,2-3,6-7,16H2,1H3. The van der Waals surface area contributed by atoms with Gasteiger partial charge in [-0.1, -0.05) is 12.1 Å². The fourth-order valence-electron chi connectivity index (χ4n) is 2.31. The Hall–Kier alpha value is -1.04. The summed E-state index contributed by atoms with van der Waals surface area (Å²) >= 11 is 0. The van der Waals surface area contributed by atoms with Crippen LogP contribution in [0.25, 0.3) is 0 Å². The Morgan fingerprint density at radius 2 is 2.22 bits per heavy atom. The normalized spacial score (nSPS) is 21.2. The first-order valence-corrected chi connectivity index (χ1v) is 6.15. The highest BCUT2D eigenvalue weighted by molar-refractivity contribution is 5.28. The summed E-state index contributed by atoms with van der Waals surface area (Å²) in [6.45, 7) is 2.26. The van der Waals surface area contributed by atoms with Crippen molar-refractivity contribution in [1.82, 2.24) is 5.43 Å². The highest BCUT2D eigenvalue weighted by Gasteiger charge is 2.24. The third-order valence-electron chi connectivity index (χ3n) is 3.40. The van der Waals surface area contributed by atoms with Gasteiger partial charge in [-0.3, -0.25) is 11.3 Å². The van der Waals surface area contributed by atoms with Crippen LogP contribution in [0.1, 0.15) is 36.4 Å². The van der Waals surface area contributed by atoms with E-state index in [9.17, 15) is 8.78 Å². The molecule has 1 aromatic rings. The third kappa shape index (κ3) is 2.68. The van der Waals surface area contributed by atoms with Gasteiger partial charge in [0.25, 0.3) is 0 Å². The van der Waals surface area contributed by atoms with Gasteiger partial charge in [0.05, 0.1) is 12.1 Å². The van der Waals surface area contributed by atoms with Gasteiger partial charge in [-0.2, -0.15) is 0 Å². The number of ether oxygens (including phenoxy) is 1. The van der Waals surface area contributed by atoms with E-state index in [0.29, 0.717) is 12.0 Å². The minimum Gasteiger partial charge on any atom is -0.378 e. The number of hydrazine groups is 1. The summed E-state index contributed by atoms with van der Waals surface area (Å²) in [6.07, 6.45) is 2.56. The predicted molar refractivity (Wildman–Crippen MR) is 64.8 cm³/mol. The molecule has 1 aromatic carbocycles. The van der Waals surface area contributed by atoms with Crippen molar-refractivity contribution >= 4 is 0 Å². The Morgan fingerprint density at radius 1 is 1.44 bits per heavy atom. The molecule has 3 nitrogen and oxygen atoms in total. The number of nitrogens with two attached hydrogens (primary N) is 1. The second-order valence-corrected chi connectivity index (χ2v) is 4.69. The molecule has 18 heavy (non-hydrogen) atoms. The maximum atomic E-state index is 13.9. The molecule has 0 amide bonds. The minimum atomic E-state index is -0.823. The van der Waals surface area contributed by atoms with E-state index in [1.807, 2.05) is 0 Å². The molecule has 100 valence electrons. The molecule has 0 bridgehead atoms. The van der Waals surface area contributed by atoms with Crippen molar-refractivity contribution in [2.75, 3.05) is 6.61 Å². The molecule has 1 aliphatic heterocycles. The Morgan fingerprint density at radius 3 is 2.83 bits per heavy atom. The van der Waals surface area contributed by atoms with Crippen molar-refractivity contribution in [2.24, 2.45) is 5.84 Å². The van der Waals surface area contributed by atoms with E-state index in [2.05, 4.69) is 5.43 Å². The molecule has 0 aromatic heterocycles. The molecule has 0 spiro atoms. The zero-order valence-corrected chi connectivity index (χ0v) is 10.4. The first-order chi connectivity index (χ1) is 8.63. The van der Waals surface area contributed by atoms with E-state index in [4.69, 9.17) is 10.6 Å². The minimum absolute atomic E-state index is 0.0646. The van der Waals surface area contributed by atoms with Gasteiger partial charge in [0, 0.05) is 12.2 Å². The highest BCUT2D eigenvalue weighted by Crippen LogP contribution is 2.28. The van der Waals surface area contributed by atoms with E-state index in [0.717, 1.165) is 19.4 Å². The molecule has 0 radical (unpaired) electrons. The van der Waals surface area contributed by atoms with E-state index in [-0.39, 0.29) is 11.7 Å². The number of aryl methyl sites for hydroxylation is 1. The van der Waals surface area contributed by atoms with Crippen LogP contribution < -0.4 is 11.3 Å². The van der Waals surface area contributed by atoms with Gasteiger partial charge in [-0.05, 0) is 31.7 Å². The lowest BCUT2D eigenvalue weighted by molar-refractivity contribution is 0.0941. The van der Waals surface area contributed by atoms with Crippen molar-refractivity contribution in [3.05, 3.63) is 34.9 Å². The summed E-state index contributed by atoms with van der Waals surface area (Å²) in [7, 11) is 0. The Labute approximate surface area is 105 Å². The largest absolute Gasteiger partial charge is 0.378 e. The van der Waals surface area contributed by atoms with Crippen LogP contribution in [0.5, 0.6) is 0 Å². The van der Waals surface area contributed by atoms with Crippen molar-refractivity contribution < 1.29 is 13.5 Å². The van der Waals surface area contributed by atoms with E-state index in [1.54, 1.807) is 12.1 Å². The van der Waals surface area contributed by atoms with Crippen LogP contribution in [-0.2, 0) is 4.74 Å². The average molecular weight is 256 g/mol. The summed E-state index contributed by atoms with van der Waals surface area (Å²) < 4.78 is 32.9. The monoisotopic (exact) mass is 256 g/mol. The van der Waals surface area contributed by atoms with E-state index in [1.165, 1.54) is 6.92 Å². The topological polar surface area (TPSA) is 47.3 Å². The molecule has 2 atom stereocenters. The Kier molecular flexibility index (Phi) is 4.27. The van der Waals surface area contributed by atoms with Crippen LogP contribution >= 0.6 is 0 Å². The van der Waals surface area contributed by atoms with Gasteiger partial charge in [-0.15, -0.1) is 0 Å². The number of halogens is 2. The zero-order chi connectivity index (χ0) is 13.1. The van der Waals surface area contributed by atoms with Crippen LogP contribution in [-0.4, -0.2) is 12.7 Å². The van der Waals surface area contributed by atoms with Crippen LogP contribution in [0.2, 0.25) is 0 Å². The number of benzene rings is 1. The molecule has 0 aliphatic carbocycles. The number of hydrogen-bond acceptors (Lipinski definition) is 3. The first kappa shape index (κ1) is 13.4. The van der Waals surface area contributed by atoms with Gasteiger partial charge >= 0.3 is 0 Å². The molecule has 3 N–H and O–H groups in total. The molecular formula is C13H18F2N2O. The molecular weight excluding hydrogens is 238 g/mol. The summed E-state index contributed by atoms with van der Waals surface area (Å²) in [5.74, 6) is 3.82. The van der Waals surface area contributed by atoms with E-state index < -0.39 is 17.7 Å². The lowest BCUT2D eigenvalue weighted by Crippen LogP contribution is -2.31. The zero-order valence-electron chi connectivity index (χ0n) is 10.4. The SMILES string of the molecule is Cc1ccc(C(CC2CCCO2)NN)c(F)c1F. The quantitative estimate of drug-likeness (QED) is 0.642. The van der Waals surface area contributed by atoms with Crippen molar-refractivity contribution in [1.29, 1.82) is 0 Å². The smallest absolute Gasteiger partial charge is 0.163 e. The number of rotatable bonds is 4. The van der Waals surface area contributed by atoms with Crippen LogP contribution in [0.15, 0.2) is 12.1 Å². The van der Waals surface area contributed by atoms with Gasteiger partial charge in [0.2, 0.25) is 0 Å². The molecule has 2 unspecified atom stereocenters. The highest BCUT2D eigenvalue weighted by atomic mass is 19.2. The first-order valence-electron chi connectivity index (χ1n) is 6.15. The van der Waals surface area contributed by atoms with Gasteiger partial charge in [-0.25, -0.2) is 8.78 Å². The van der Waals surface area contributed by atoms with Gasteiger partial charge in [0.1, 0.15) is 0 Å². The lowest BCUT2D eigenvalue weighted by atomic mass is 9.98. The second kappa shape index (κ2) is 5.73. The molecule has 1 heterocycles. The average Bonchev–Trinajstić information content (AvgIpc) is 2.87. The number of nitrogens with one attached hydrogen (secondary N) is 1. The number of hydrogen-bond donors (Lipinski definition) is 2. The molecule has 1 saturated heterocycles. The van der Waals surface area contributed by atoms with Crippen molar-refractivity contribution in [2.45, 2.75) is 38.3 Å². The molecule has 1 fully saturated rings. The summed E-state index contributed by atoms with van der Waals surface area (Å²) in [5.41, 5.74) is 3.10. The summed E-state index contributed by atoms with van der Waals surface area (Å²) in [4.78, 5) is 0. The molecule has 1 aliphatic rings. The fourth-order valence-corrected chi connectivity index (χ4v) is 2.31. The van der Waals surface area contributed by atoms with Gasteiger partial charge < -0.3 is 4.74 Å². The third-order valence-corrected chi connectivity index (χ3v) is 3.40. The maximum Gasteiger partial charge on any atom is 0.163 e. The van der Waals surface area contributed by atoms with Crippen LogP contribution in [0, 0.1) is 18.6 Å². The van der Waals surface area contributed by atoms with Crippen molar-refractivity contribution in [3.8, 4) is 0 Å². The predicted octanol–water partition coefficient (Wildman–Crippen LogP) is 2.35. The summed E-state index contributed by atoms with van der Waals surface area (Å²) in [5, 5.41) is 0. The Bertz CT molecular complexity index is 420. The maximum absolute atomic E-state index is 13.9. The van der Waals surface area contributed by atoms with Crippen LogP contribution in [0.4, 0.5) is 8.78 Å². The Balaban J connectivity index is 2.18. The second-order valence-electron chi connectivity index (χ2n) is 4.69. The van der Waals surface area contributed by atoms with Crippen LogP contribution in [0.3, 0.4) is 0 Å². The molecule has 2 rings (SSSR count). The lowest BCUT2D eigenvalue weighted by Gasteiger charge is -2.21. The van der Waals surface area contributed by atoms with Crippen molar-refractivity contribution in [3.63, 3.8) is 0 Å². The fraction of sp³-hybridized carbons (Fsp3) is 0.538. The summed E-state index contributed by atoms with van der Waals surface area (Å²) in [6, 6.07) is 2.71. The molecule has 0 saturated carbocycles. The molecule has 5 heteroatoms.